The Hall–Kier alpha value is -2.10. The quantitative estimate of drug-likeness (QED) is 0.625. The summed E-state index contributed by atoms with van der Waals surface area (Å²) in [7, 11) is 0. The molecule has 0 unspecified atom stereocenters. The van der Waals surface area contributed by atoms with Crippen LogP contribution < -0.4 is 15.8 Å². The van der Waals surface area contributed by atoms with Gasteiger partial charge in [0.05, 0.1) is 0 Å². The van der Waals surface area contributed by atoms with Crippen molar-refractivity contribution in [1.29, 1.82) is 0 Å². The molecular formula is C12H15BrN6O3. The molecule has 2 aromatic rings. The number of nitrogens with zero attached hydrogens (tertiary/aromatic N) is 3. The highest BCUT2D eigenvalue weighted by molar-refractivity contribution is 9.10. The molecule has 0 aliphatic carbocycles. The van der Waals surface area contributed by atoms with E-state index in [4.69, 9.17) is 5.11 Å². The Kier molecular flexibility index (Phi) is 3.55. The van der Waals surface area contributed by atoms with Crippen LogP contribution in [0, 0.1) is 0 Å². The van der Waals surface area contributed by atoms with Crippen LogP contribution in [0.15, 0.2) is 9.40 Å². The Balaban J connectivity index is 1.82. The molecule has 0 atom stereocenters. The van der Waals surface area contributed by atoms with E-state index in [1.165, 1.54) is 0 Å². The van der Waals surface area contributed by atoms with E-state index in [0.29, 0.717) is 47.5 Å². The smallest absolute Gasteiger partial charge is 0.405 e. The van der Waals surface area contributed by atoms with Gasteiger partial charge in [-0.05, 0) is 35.7 Å². The summed E-state index contributed by atoms with van der Waals surface area (Å²) < 4.78 is 0.430. The van der Waals surface area contributed by atoms with Crippen molar-refractivity contribution < 1.29 is 9.90 Å². The van der Waals surface area contributed by atoms with Crippen molar-refractivity contribution in [2.24, 2.45) is 0 Å². The molecular weight excluding hydrogens is 356 g/mol. The van der Waals surface area contributed by atoms with Gasteiger partial charge in [-0.15, -0.1) is 0 Å². The molecule has 118 valence electrons. The van der Waals surface area contributed by atoms with Crippen LogP contribution in [0.2, 0.25) is 0 Å². The van der Waals surface area contributed by atoms with E-state index in [2.05, 4.69) is 41.4 Å². The average Bonchev–Trinajstić information content (AvgIpc) is 2.80. The molecule has 1 amide bonds. The van der Waals surface area contributed by atoms with Crippen molar-refractivity contribution in [2.75, 3.05) is 18.0 Å². The number of amides is 1. The van der Waals surface area contributed by atoms with Crippen molar-refractivity contribution >= 4 is 39.0 Å². The first kappa shape index (κ1) is 14.8. The summed E-state index contributed by atoms with van der Waals surface area (Å²) in [5, 5.41) is 18.4. The predicted octanol–water partition coefficient (Wildman–Crippen LogP) is 1.04. The fourth-order valence-corrected chi connectivity index (χ4v) is 3.09. The van der Waals surface area contributed by atoms with Gasteiger partial charge in [0, 0.05) is 18.6 Å². The van der Waals surface area contributed by atoms with Crippen LogP contribution >= 0.6 is 15.9 Å². The number of aromatic amines is 2. The highest BCUT2D eigenvalue weighted by Gasteiger charge is 2.32. The molecule has 0 aromatic carbocycles. The zero-order valence-electron chi connectivity index (χ0n) is 11.8. The molecule has 1 aliphatic rings. The second-order valence-corrected chi connectivity index (χ2v) is 6.36. The van der Waals surface area contributed by atoms with E-state index >= 15 is 0 Å². The fraction of sp³-hybridized carbons (Fsp3) is 0.500. The number of H-pyrrole nitrogens is 2. The van der Waals surface area contributed by atoms with Gasteiger partial charge < -0.3 is 15.3 Å². The molecule has 0 radical (unpaired) electrons. The van der Waals surface area contributed by atoms with Crippen molar-refractivity contribution in [2.45, 2.75) is 25.3 Å². The fourth-order valence-electron chi connectivity index (χ4n) is 2.64. The number of carbonyl (C=O) groups is 1. The molecule has 0 saturated carbocycles. The van der Waals surface area contributed by atoms with Gasteiger partial charge in [-0.1, -0.05) is 0 Å². The van der Waals surface area contributed by atoms with Crippen LogP contribution in [0.3, 0.4) is 0 Å². The first-order valence-electron chi connectivity index (χ1n) is 6.78. The monoisotopic (exact) mass is 370 g/mol. The number of hydrogen-bond donors (Lipinski definition) is 4. The first-order chi connectivity index (χ1) is 10.4. The van der Waals surface area contributed by atoms with Gasteiger partial charge in [0.1, 0.15) is 9.99 Å². The van der Waals surface area contributed by atoms with E-state index in [0.717, 1.165) is 0 Å². The number of aromatic nitrogens is 4. The lowest BCUT2D eigenvalue weighted by Crippen LogP contribution is -2.53. The van der Waals surface area contributed by atoms with Gasteiger partial charge in [0.2, 0.25) is 5.95 Å². The lowest BCUT2D eigenvalue weighted by molar-refractivity contribution is 0.173. The molecule has 3 rings (SSSR count). The van der Waals surface area contributed by atoms with E-state index in [9.17, 15) is 9.59 Å². The van der Waals surface area contributed by atoms with Gasteiger partial charge in [0.25, 0.3) is 5.56 Å². The number of nitrogens with one attached hydrogen (secondary N) is 3. The topological polar surface area (TPSA) is 127 Å². The number of halogens is 1. The summed E-state index contributed by atoms with van der Waals surface area (Å²) in [5.41, 5.74) is -0.302. The van der Waals surface area contributed by atoms with E-state index < -0.39 is 11.6 Å². The molecule has 1 aliphatic heterocycles. The van der Waals surface area contributed by atoms with Gasteiger partial charge >= 0.3 is 6.09 Å². The molecule has 0 spiro atoms. The highest BCUT2D eigenvalue weighted by atomic mass is 79.9. The van der Waals surface area contributed by atoms with Gasteiger partial charge in [-0.25, -0.2) is 4.79 Å². The molecule has 1 fully saturated rings. The Labute approximate surface area is 133 Å². The van der Waals surface area contributed by atoms with Crippen LogP contribution in [0.5, 0.6) is 0 Å². The highest BCUT2D eigenvalue weighted by Crippen LogP contribution is 2.25. The third-order valence-corrected chi connectivity index (χ3v) is 4.52. The van der Waals surface area contributed by atoms with Crippen LogP contribution in [0.25, 0.3) is 11.0 Å². The third-order valence-electron chi connectivity index (χ3n) is 3.95. The molecule has 10 heteroatoms. The van der Waals surface area contributed by atoms with Gasteiger partial charge in [-0.2, -0.15) is 10.1 Å². The van der Waals surface area contributed by atoms with Crippen LogP contribution in [-0.2, 0) is 0 Å². The number of hydrogen-bond acceptors (Lipinski definition) is 5. The van der Waals surface area contributed by atoms with E-state index in [-0.39, 0.29) is 5.56 Å². The second-order valence-electron chi connectivity index (χ2n) is 5.61. The number of fused-ring (bicyclic) bond motifs is 1. The Bertz CT molecular complexity index is 777. The van der Waals surface area contributed by atoms with Crippen LogP contribution in [0.1, 0.15) is 19.8 Å². The normalized spacial score (nSPS) is 17.6. The molecule has 3 heterocycles. The molecule has 1 saturated heterocycles. The van der Waals surface area contributed by atoms with E-state index in [1.54, 1.807) is 0 Å². The molecule has 9 nitrogen and oxygen atoms in total. The maximum absolute atomic E-state index is 12.1. The molecule has 4 N–H and O–H groups in total. The molecule has 22 heavy (non-hydrogen) atoms. The average molecular weight is 371 g/mol. The number of carboxylic acid groups (broad SMARTS) is 1. The lowest BCUT2D eigenvalue weighted by atomic mass is 9.90. The number of rotatable bonds is 2. The SMILES string of the molecule is CC1(NC(=O)O)CCN(c2nc3[nH]nc(Br)c3c(=O)[nH]2)CC1. The number of anilines is 1. The van der Waals surface area contributed by atoms with Gasteiger partial charge in [0.15, 0.2) is 5.65 Å². The predicted molar refractivity (Wildman–Crippen MR) is 83.2 cm³/mol. The second kappa shape index (κ2) is 5.27. The Morgan fingerprint density at radius 1 is 1.45 bits per heavy atom. The Morgan fingerprint density at radius 3 is 2.77 bits per heavy atom. The van der Waals surface area contributed by atoms with Crippen LogP contribution in [-0.4, -0.2) is 50.0 Å². The third kappa shape index (κ3) is 2.65. The lowest BCUT2D eigenvalue weighted by Gasteiger charge is -2.39. The van der Waals surface area contributed by atoms with Crippen molar-refractivity contribution in [3.8, 4) is 0 Å². The standard InChI is InChI=1S/C12H15BrN6O3/c1-12(16-11(21)22)2-4-19(5-3-12)10-14-8-6(9(20)15-10)7(13)17-18-8/h16H,2-5H2,1H3,(H,21,22)(H2,14,15,17,18,20). The summed E-state index contributed by atoms with van der Waals surface area (Å²) in [6.07, 6.45) is 0.243. The van der Waals surface area contributed by atoms with Gasteiger partial charge in [-0.3, -0.25) is 14.9 Å². The van der Waals surface area contributed by atoms with Crippen molar-refractivity contribution in [1.82, 2.24) is 25.5 Å². The maximum Gasteiger partial charge on any atom is 0.405 e. The Morgan fingerprint density at radius 2 is 2.14 bits per heavy atom. The summed E-state index contributed by atoms with van der Waals surface area (Å²) in [6, 6.07) is 0. The van der Waals surface area contributed by atoms with E-state index in [1.807, 2.05) is 11.8 Å². The largest absolute Gasteiger partial charge is 0.465 e. The minimum atomic E-state index is -1.02. The minimum absolute atomic E-state index is 0.266. The van der Waals surface area contributed by atoms with Crippen molar-refractivity contribution in [3.63, 3.8) is 0 Å². The summed E-state index contributed by atoms with van der Waals surface area (Å²) in [4.78, 5) is 32.0. The molecule has 0 bridgehead atoms. The minimum Gasteiger partial charge on any atom is -0.465 e. The first-order valence-corrected chi connectivity index (χ1v) is 7.57. The number of piperidine rings is 1. The van der Waals surface area contributed by atoms with Crippen molar-refractivity contribution in [3.05, 3.63) is 15.0 Å². The maximum atomic E-state index is 12.1. The van der Waals surface area contributed by atoms with Crippen LogP contribution in [0.4, 0.5) is 10.7 Å². The summed E-state index contributed by atoms with van der Waals surface area (Å²) in [6.45, 7) is 3.07. The summed E-state index contributed by atoms with van der Waals surface area (Å²) >= 11 is 3.20. The molecule has 2 aromatic heterocycles. The zero-order valence-corrected chi connectivity index (χ0v) is 13.4. The summed E-state index contributed by atoms with van der Waals surface area (Å²) in [5.74, 6) is 0.464. The zero-order chi connectivity index (χ0) is 15.9.